The molecule has 0 bridgehead atoms. The summed E-state index contributed by atoms with van der Waals surface area (Å²) in [5.74, 6) is 0.263. The van der Waals surface area contributed by atoms with Crippen LogP contribution < -0.4 is 10.1 Å². The predicted octanol–water partition coefficient (Wildman–Crippen LogP) is 2.69. The summed E-state index contributed by atoms with van der Waals surface area (Å²) in [6.45, 7) is 2.46. The molecule has 5 nitrogen and oxygen atoms in total. The number of hydrogen-bond donors (Lipinski definition) is 1. The first-order chi connectivity index (χ1) is 10.7. The molecule has 0 saturated heterocycles. The summed E-state index contributed by atoms with van der Waals surface area (Å²) in [5, 5.41) is 5.58. The zero-order valence-corrected chi connectivity index (χ0v) is 12.9. The highest BCUT2D eigenvalue weighted by Crippen LogP contribution is 2.25. The molecule has 2 aromatic heterocycles. The summed E-state index contributed by atoms with van der Waals surface area (Å²) >= 11 is 1.51. The fraction of sp³-hybridized carbons (Fsp3) is 0.188. The molecule has 1 amide bonds. The quantitative estimate of drug-likeness (QED) is 0.786. The summed E-state index contributed by atoms with van der Waals surface area (Å²) in [6, 6.07) is 9.92. The van der Waals surface area contributed by atoms with Gasteiger partial charge in [0.15, 0.2) is 6.61 Å². The molecule has 22 heavy (non-hydrogen) atoms. The SMILES string of the molecule is Cc1ccc(CNC(=O)COc2ncnc3sccc23)cc1. The van der Waals surface area contributed by atoms with Crippen LogP contribution in [-0.4, -0.2) is 22.5 Å². The maximum atomic E-state index is 11.9. The maximum Gasteiger partial charge on any atom is 0.258 e. The average Bonchev–Trinajstić information content (AvgIpc) is 3.01. The Morgan fingerprint density at radius 3 is 2.86 bits per heavy atom. The number of carbonyl (C=O) groups excluding carboxylic acids is 1. The molecule has 0 atom stereocenters. The van der Waals surface area contributed by atoms with Crippen molar-refractivity contribution in [3.63, 3.8) is 0 Å². The van der Waals surface area contributed by atoms with Gasteiger partial charge in [0, 0.05) is 6.54 Å². The van der Waals surface area contributed by atoms with Gasteiger partial charge in [-0.25, -0.2) is 9.97 Å². The van der Waals surface area contributed by atoms with Gasteiger partial charge in [0.1, 0.15) is 11.2 Å². The molecule has 112 valence electrons. The molecule has 1 N–H and O–H groups in total. The number of amides is 1. The summed E-state index contributed by atoms with van der Waals surface area (Å²) in [4.78, 5) is 20.9. The topological polar surface area (TPSA) is 64.1 Å². The largest absolute Gasteiger partial charge is 0.467 e. The maximum absolute atomic E-state index is 11.9. The molecule has 0 saturated carbocycles. The van der Waals surface area contributed by atoms with Crippen molar-refractivity contribution in [2.75, 3.05) is 6.61 Å². The van der Waals surface area contributed by atoms with Crippen LogP contribution in [0.25, 0.3) is 10.2 Å². The molecule has 0 radical (unpaired) electrons. The molecule has 2 heterocycles. The molecule has 6 heteroatoms. The van der Waals surface area contributed by atoms with E-state index in [1.807, 2.05) is 42.6 Å². The van der Waals surface area contributed by atoms with E-state index in [1.54, 1.807) is 0 Å². The second kappa shape index (κ2) is 6.53. The highest BCUT2D eigenvalue weighted by Gasteiger charge is 2.08. The number of carbonyl (C=O) groups is 1. The Bertz CT molecular complexity index is 783. The molecule has 0 unspecified atom stereocenters. The smallest absolute Gasteiger partial charge is 0.258 e. The summed E-state index contributed by atoms with van der Waals surface area (Å²) in [5.41, 5.74) is 2.25. The number of thiophene rings is 1. The lowest BCUT2D eigenvalue weighted by molar-refractivity contribution is -0.123. The van der Waals surface area contributed by atoms with Gasteiger partial charge in [-0.3, -0.25) is 4.79 Å². The minimum Gasteiger partial charge on any atom is -0.467 e. The fourth-order valence-electron chi connectivity index (χ4n) is 1.97. The third-order valence-corrected chi connectivity index (χ3v) is 4.00. The van der Waals surface area contributed by atoms with Gasteiger partial charge < -0.3 is 10.1 Å². The van der Waals surface area contributed by atoms with Crippen molar-refractivity contribution < 1.29 is 9.53 Å². The van der Waals surface area contributed by atoms with Crippen molar-refractivity contribution in [2.45, 2.75) is 13.5 Å². The van der Waals surface area contributed by atoms with Gasteiger partial charge in [0.05, 0.1) is 5.39 Å². The third kappa shape index (κ3) is 3.40. The Morgan fingerprint density at radius 2 is 2.05 bits per heavy atom. The van der Waals surface area contributed by atoms with Crippen LogP contribution in [0.5, 0.6) is 5.88 Å². The number of aromatic nitrogens is 2. The monoisotopic (exact) mass is 313 g/mol. The molecular formula is C16H15N3O2S. The number of nitrogens with one attached hydrogen (secondary N) is 1. The van der Waals surface area contributed by atoms with Crippen LogP contribution in [0.4, 0.5) is 0 Å². The Hall–Kier alpha value is -2.47. The summed E-state index contributed by atoms with van der Waals surface area (Å²) in [6.07, 6.45) is 1.44. The molecule has 0 fully saturated rings. The molecule has 0 spiro atoms. The van der Waals surface area contributed by atoms with Gasteiger partial charge >= 0.3 is 0 Å². The van der Waals surface area contributed by atoms with Gasteiger partial charge in [-0.15, -0.1) is 11.3 Å². The van der Waals surface area contributed by atoms with Gasteiger partial charge in [-0.2, -0.15) is 0 Å². The lowest BCUT2D eigenvalue weighted by Crippen LogP contribution is -2.28. The first-order valence-electron chi connectivity index (χ1n) is 6.85. The normalized spacial score (nSPS) is 10.6. The van der Waals surface area contributed by atoms with E-state index in [9.17, 15) is 4.79 Å². The van der Waals surface area contributed by atoms with Crippen LogP contribution in [-0.2, 0) is 11.3 Å². The van der Waals surface area contributed by atoms with E-state index in [1.165, 1.54) is 23.2 Å². The minimum atomic E-state index is -0.178. The van der Waals surface area contributed by atoms with E-state index in [4.69, 9.17) is 4.74 Å². The Labute approximate surface area is 132 Å². The highest BCUT2D eigenvalue weighted by atomic mass is 32.1. The van der Waals surface area contributed by atoms with Gasteiger partial charge in [-0.1, -0.05) is 29.8 Å². The van der Waals surface area contributed by atoms with E-state index in [2.05, 4.69) is 15.3 Å². The van der Waals surface area contributed by atoms with Crippen molar-refractivity contribution >= 4 is 27.5 Å². The number of ether oxygens (including phenoxy) is 1. The molecule has 0 aliphatic carbocycles. The number of benzene rings is 1. The van der Waals surface area contributed by atoms with Crippen LogP contribution in [0.2, 0.25) is 0 Å². The van der Waals surface area contributed by atoms with Crippen LogP contribution in [0.1, 0.15) is 11.1 Å². The molecule has 1 aromatic carbocycles. The second-order valence-corrected chi connectivity index (χ2v) is 5.76. The van der Waals surface area contributed by atoms with Crippen molar-refractivity contribution in [1.29, 1.82) is 0 Å². The average molecular weight is 313 g/mol. The highest BCUT2D eigenvalue weighted by molar-refractivity contribution is 7.16. The number of nitrogens with zero attached hydrogens (tertiary/aromatic N) is 2. The lowest BCUT2D eigenvalue weighted by Gasteiger charge is -2.07. The van der Waals surface area contributed by atoms with Crippen LogP contribution in [0, 0.1) is 6.92 Å². The van der Waals surface area contributed by atoms with Crippen molar-refractivity contribution in [2.24, 2.45) is 0 Å². The first kappa shape index (κ1) is 14.5. The number of hydrogen-bond acceptors (Lipinski definition) is 5. The van der Waals surface area contributed by atoms with Crippen LogP contribution >= 0.6 is 11.3 Å². The van der Waals surface area contributed by atoms with Crippen LogP contribution in [0.3, 0.4) is 0 Å². The van der Waals surface area contributed by atoms with Gasteiger partial charge in [0.2, 0.25) is 5.88 Å². The van der Waals surface area contributed by atoms with Crippen molar-refractivity contribution in [1.82, 2.24) is 15.3 Å². The van der Waals surface area contributed by atoms with E-state index in [-0.39, 0.29) is 12.5 Å². The zero-order valence-electron chi connectivity index (χ0n) is 12.1. The van der Waals surface area contributed by atoms with Crippen molar-refractivity contribution in [3.8, 4) is 5.88 Å². The Morgan fingerprint density at radius 1 is 1.23 bits per heavy atom. The first-order valence-corrected chi connectivity index (χ1v) is 7.73. The standard InChI is InChI=1S/C16H15N3O2S/c1-11-2-4-12(5-3-11)8-17-14(20)9-21-15-13-6-7-22-16(13)19-10-18-15/h2-7,10H,8-9H2,1H3,(H,17,20). The van der Waals surface area contributed by atoms with Gasteiger partial charge in [-0.05, 0) is 23.9 Å². The van der Waals surface area contributed by atoms with Gasteiger partial charge in [0.25, 0.3) is 5.91 Å². The van der Waals surface area contributed by atoms with E-state index < -0.39 is 0 Å². The number of aryl methyl sites for hydroxylation is 1. The zero-order chi connectivity index (χ0) is 15.4. The molecule has 0 aliphatic rings. The van der Waals surface area contributed by atoms with E-state index >= 15 is 0 Å². The lowest BCUT2D eigenvalue weighted by atomic mass is 10.1. The fourth-order valence-corrected chi connectivity index (χ4v) is 2.70. The summed E-state index contributed by atoms with van der Waals surface area (Å²) < 4.78 is 5.49. The Balaban J connectivity index is 1.54. The number of rotatable bonds is 5. The third-order valence-electron chi connectivity index (χ3n) is 3.18. The Kier molecular flexibility index (Phi) is 4.29. The predicted molar refractivity (Wildman–Crippen MR) is 85.9 cm³/mol. The minimum absolute atomic E-state index is 0.0617. The molecule has 0 aliphatic heterocycles. The van der Waals surface area contributed by atoms with Crippen LogP contribution in [0.15, 0.2) is 42.0 Å². The molecule has 3 aromatic rings. The summed E-state index contributed by atoms with van der Waals surface area (Å²) in [7, 11) is 0. The van der Waals surface area contributed by atoms with E-state index in [0.29, 0.717) is 12.4 Å². The van der Waals surface area contributed by atoms with Crippen molar-refractivity contribution in [3.05, 3.63) is 53.2 Å². The molecule has 3 rings (SSSR count). The number of fused-ring (bicyclic) bond motifs is 1. The molecular weight excluding hydrogens is 298 g/mol. The second-order valence-electron chi connectivity index (χ2n) is 4.87. The van der Waals surface area contributed by atoms with E-state index in [0.717, 1.165) is 15.8 Å².